The average Bonchev–Trinajstić information content (AvgIpc) is 2.59. The third-order valence-corrected chi connectivity index (χ3v) is 5.21. The van der Waals surface area contributed by atoms with E-state index in [-0.39, 0.29) is 0 Å². The van der Waals surface area contributed by atoms with Gasteiger partial charge in [-0.15, -0.1) is 0 Å². The van der Waals surface area contributed by atoms with Crippen LogP contribution in [0.25, 0.3) is 0 Å². The summed E-state index contributed by atoms with van der Waals surface area (Å²) < 4.78 is 0. The number of nitrogens with zero attached hydrogens (tertiary/aromatic N) is 1. The number of rotatable bonds is 7. The molecule has 0 spiro atoms. The van der Waals surface area contributed by atoms with Crippen molar-refractivity contribution in [2.75, 3.05) is 25.0 Å². The zero-order valence-corrected chi connectivity index (χ0v) is 16.3. The van der Waals surface area contributed by atoms with Gasteiger partial charge in [-0.2, -0.15) is 0 Å². The first kappa shape index (κ1) is 19.2. The normalized spacial score (nSPS) is 18.6. The molecule has 1 aromatic carbocycles. The van der Waals surface area contributed by atoms with Crippen molar-refractivity contribution in [3.8, 4) is 0 Å². The number of nitrogens with one attached hydrogen (secondary N) is 2. The van der Waals surface area contributed by atoms with E-state index in [2.05, 4.69) is 60.6 Å². The molecule has 0 amide bonds. The highest BCUT2D eigenvalue weighted by molar-refractivity contribution is 7.80. The van der Waals surface area contributed by atoms with E-state index in [1.807, 2.05) is 0 Å². The van der Waals surface area contributed by atoms with E-state index < -0.39 is 0 Å². The van der Waals surface area contributed by atoms with Gasteiger partial charge in [-0.05, 0) is 68.1 Å². The smallest absolute Gasteiger partial charge is 0.170 e. The highest BCUT2D eigenvalue weighted by Crippen LogP contribution is 2.19. The number of likely N-dealkylation sites (tertiary alicyclic amines) is 1. The van der Waals surface area contributed by atoms with E-state index in [0.29, 0.717) is 5.92 Å². The lowest BCUT2D eigenvalue weighted by molar-refractivity contribution is 0.143. The summed E-state index contributed by atoms with van der Waals surface area (Å²) in [6, 6.07) is 9.32. The minimum Gasteiger partial charge on any atom is -0.362 e. The van der Waals surface area contributed by atoms with Crippen molar-refractivity contribution in [2.45, 2.75) is 64.8 Å². The Balaban J connectivity index is 1.66. The first-order valence-electron chi connectivity index (χ1n) is 9.49. The summed E-state index contributed by atoms with van der Waals surface area (Å²) in [4.78, 5) is 2.66. The zero-order chi connectivity index (χ0) is 17.4. The molecule has 0 bridgehead atoms. The molecule has 1 unspecified atom stereocenters. The Kier molecular flexibility index (Phi) is 8.00. The van der Waals surface area contributed by atoms with Crippen molar-refractivity contribution in [2.24, 2.45) is 0 Å². The molecule has 24 heavy (non-hydrogen) atoms. The van der Waals surface area contributed by atoms with Gasteiger partial charge in [-0.1, -0.05) is 39.3 Å². The van der Waals surface area contributed by atoms with Crippen LogP contribution in [0.15, 0.2) is 24.3 Å². The van der Waals surface area contributed by atoms with Crippen molar-refractivity contribution in [3.05, 3.63) is 29.8 Å². The predicted octanol–water partition coefficient (Wildman–Crippen LogP) is 4.75. The van der Waals surface area contributed by atoms with E-state index in [1.54, 1.807) is 0 Å². The summed E-state index contributed by atoms with van der Waals surface area (Å²) in [7, 11) is 0. The molecular weight excluding hydrogens is 314 g/mol. The summed E-state index contributed by atoms with van der Waals surface area (Å²) in [5.41, 5.74) is 2.41. The Labute approximate surface area is 153 Å². The predicted molar refractivity (Wildman–Crippen MR) is 109 cm³/mol. The fourth-order valence-electron chi connectivity index (χ4n) is 3.43. The lowest BCUT2D eigenvalue weighted by atomic mass is 10.00. The van der Waals surface area contributed by atoms with Gasteiger partial charge in [0.1, 0.15) is 0 Å². The van der Waals surface area contributed by atoms with E-state index in [1.165, 1.54) is 44.3 Å². The largest absolute Gasteiger partial charge is 0.362 e. The molecule has 1 fully saturated rings. The highest BCUT2D eigenvalue weighted by atomic mass is 32.1. The summed E-state index contributed by atoms with van der Waals surface area (Å²) in [6.07, 6.45) is 6.55. The highest BCUT2D eigenvalue weighted by Gasteiger charge is 2.19. The zero-order valence-electron chi connectivity index (χ0n) is 15.5. The number of hydrogen-bond donors (Lipinski definition) is 2. The van der Waals surface area contributed by atoms with Crippen LogP contribution in [-0.4, -0.2) is 35.7 Å². The Bertz CT molecular complexity index is 498. The number of piperidine rings is 1. The van der Waals surface area contributed by atoms with Crippen LogP contribution in [0.4, 0.5) is 5.69 Å². The van der Waals surface area contributed by atoms with Gasteiger partial charge in [-0.3, -0.25) is 0 Å². The van der Waals surface area contributed by atoms with Gasteiger partial charge in [0.15, 0.2) is 5.11 Å². The van der Waals surface area contributed by atoms with Crippen LogP contribution in [0.5, 0.6) is 0 Å². The second kappa shape index (κ2) is 10.00. The molecule has 2 N–H and O–H groups in total. The van der Waals surface area contributed by atoms with Crippen LogP contribution in [0.1, 0.15) is 64.4 Å². The van der Waals surface area contributed by atoms with Crippen LogP contribution in [0.2, 0.25) is 0 Å². The minimum absolute atomic E-state index is 0.561. The third-order valence-electron chi connectivity index (χ3n) is 4.96. The monoisotopic (exact) mass is 347 g/mol. The lowest BCUT2D eigenvalue weighted by Crippen LogP contribution is -2.40. The quantitative estimate of drug-likeness (QED) is 0.550. The molecule has 1 heterocycles. The van der Waals surface area contributed by atoms with Gasteiger partial charge in [0.25, 0.3) is 0 Å². The van der Waals surface area contributed by atoms with Gasteiger partial charge in [0.2, 0.25) is 0 Å². The van der Waals surface area contributed by atoms with E-state index in [9.17, 15) is 0 Å². The summed E-state index contributed by atoms with van der Waals surface area (Å²) in [5.74, 6) is 0.561. The molecule has 0 radical (unpaired) electrons. The van der Waals surface area contributed by atoms with Gasteiger partial charge in [0, 0.05) is 24.8 Å². The Morgan fingerprint density at radius 2 is 2.00 bits per heavy atom. The van der Waals surface area contributed by atoms with Gasteiger partial charge < -0.3 is 15.5 Å². The second-order valence-electron chi connectivity index (χ2n) is 7.10. The molecule has 0 saturated carbocycles. The number of anilines is 1. The Hall–Kier alpha value is -1.13. The number of benzene rings is 1. The molecule has 134 valence electrons. The van der Waals surface area contributed by atoms with E-state index in [0.717, 1.165) is 29.8 Å². The van der Waals surface area contributed by atoms with Crippen molar-refractivity contribution in [1.29, 1.82) is 0 Å². The van der Waals surface area contributed by atoms with Gasteiger partial charge in [-0.25, -0.2) is 0 Å². The summed E-state index contributed by atoms with van der Waals surface area (Å²) >= 11 is 5.40. The van der Waals surface area contributed by atoms with E-state index in [4.69, 9.17) is 12.2 Å². The third kappa shape index (κ3) is 6.06. The molecule has 1 atom stereocenters. The fraction of sp³-hybridized carbons (Fsp3) is 0.650. The van der Waals surface area contributed by atoms with Gasteiger partial charge in [0.05, 0.1) is 0 Å². The molecule has 0 aromatic heterocycles. The minimum atomic E-state index is 0.561. The van der Waals surface area contributed by atoms with Crippen molar-refractivity contribution >= 4 is 23.0 Å². The molecule has 0 aliphatic carbocycles. The fourth-order valence-corrected chi connectivity index (χ4v) is 3.65. The molecule has 1 saturated heterocycles. The summed E-state index contributed by atoms with van der Waals surface area (Å²) in [6.45, 7) is 10.1. The molecule has 2 rings (SSSR count). The van der Waals surface area contributed by atoms with Crippen molar-refractivity contribution in [3.63, 3.8) is 0 Å². The summed E-state index contributed by atoms with van der Waals surface area (Å²) in [5, 5.41) is 7.33. The number of thiocarbonyl (C=S) groups is 1. The maximum atomic E-state index is 5.40. The van der Waals surface area contributed by atoms with Crippen molar-refractivity contribution < 1.29 is 0 Å². The maximum absolute atomic E-state index is 5.40. The van der Waals surface area contributed by atoms with Crippen LogP contribution in [0.3, 0.4) is 0 Å². The molecule has 1 aliphatic rings. The topological polar surface area (TPSA) is 27.3 Å². The van der Waals surface area contributed by atoms with Crippen LogP contribution < -0.4 is 10.6 Å². The molecule has 1 aliphatic heterocycles. The maximum Gasteiger partial charge on any atom is 0.170 e. The van der Waals surface area contributed by atoms with Crippen LogP contribution in [0, 0.1) is 0 Å². The number of hydrogen-bond acceptors (Lipinski definition) is 2. The van der Waals surface area contributed by atoms with Gasteiger partial charge >= 0.3 is 0 Å². The van der Waals surface area contributed by atoms with Crippen LogP contribution >= 0.6 is 12.2 Å². The Morgan fingerprint density at radius 3 is 2.67 bits per heavy atom. The SMILES string of the molecule is CCC1CCCCN1CCCNC(=S)Nc1ccc(C(C)C)cc1. The standard InChI is InChI=1S/C20H33N3S/c1-4-19-8-5-6-14-23(19)15-7-13-21-20(24)22-18-11-9-17(10-12-18)16(2)3/h9-12,16,19H,4-8,13-15H2,1-3H3,(H2,21,22,24). The van der Waals surface area contributed by atoms with Crippen molar-refractivity contribution in [1.82, 2.24) is 10.2 Å². The lowest BCUT2D eigenvalue weighted by Gasteiger charge is -2.35. The second-order valence-corrected chi connectivity index (χ2v) is 7.51. The molecular formula is C20H33N3S. The molecule has 1 aromatic rings. The molecule has 3 nitrogen and oxygen atoms in total. The molecule has 4 heteroatoms. The first-order valence-corrected chi connectivity index (χ1v) is 9.89. The van der Waals surface area contributed by atoms with Crippen LogP contribution in [-0.2, 0) is 0 Å². The Morgan fingerprint density at radius 1 is 1.25 bits per heavy atom. The average molecular weight is 348 g/mol. The first-order chi connectivity index (χ1) is 11.6. The van der Waals surface area contributed by atoms with E-state index >= 15 is 0 Å².